The van der Waals surface area contributed by atoms with E-state index in [9.17, 15) is 0 Å². The SMILES string of the molecule is CN(CCNc1nccs1)C1CCCC1. The second kappa shape index (κ2) is 5.47. The molecule has 4 heteroatoms. The Morgan fingerprint density at radius 2 is 2.33 bits per heavy atom. The molecule has 0 amide bonds. The first-order valence-corrected chi connectivity index (χ1v) is 6.58. The lowest BCUT2D eigenvalue weighted by Gasteiger charge is -2.23. The largest absolute Gasteiger partial charge is 0.360 e. The van der Waals surface area contributed by atoms with Crippen molar-refractivity contribution in [1.82, 2.24) is 9.88 Å². The number of likely N-dealkylation sites (N-methyl/N-ethyl adjacent to an activating group) is 1. The van der Waals surface area contributed by atoms with Gasteiger partial charge in [-0.05, 0) is 19.9 Å². The molecule has 1 aromatic rings. The number of aromatic nitrogens is 1. The summed E-state index contributed by atoms with van der Waals surface area (Å²) in [6.07, 6.45) is 7.43. The Kier molecular flexibility index (Phi) is 3.97. The maximum absolute atomic E-state index is 4.20. The second-order valence-corrected chi connectivity index (χ2v) is 5.08. The van der Waals surface area contributed by atoms with Crippen LogP contribution in [0.25, 0.3) is 0 Å². The molecule has 1 aromatic heterocycles. The minimum Gasteiger partial charge on any atom is -0.360 e. The molecule has 1 aliphatic carbocycles. The Hall–Kier alpha value is -0.610. The fraction of sp³-hybridized carbons (Fsp3) is 0.727. The third-order valence-electron chi connectivity index (χ3n) is 3.12. The van der Waals surface area contributed by atoms with Gasteiger partial charge in [-0.3, -0.25) is 0 Å². The Bertz CT molecular complexity index is 267. The smallest absolute Gasteiger partial charge is 0.182 e. The highest BCUT2D eigenvalue weighted by molar-refractivity contribution is 7.13. The Labute approximate surface area is 95.5 Å². The van der Waals surface area contributed by atoms with Crippen molar-refractivity contribution >= 4 is 16.5 Å². The van der Waals surface area contributed by atoms with Gasteiger partial charge in [0.2, 0.25) is 0 Å². The monoisotopic (exact) mass is 225 g/mol. The molecule has 0 radical (unpaired) electrons. The van der Waals surface area contributed by atoms with Gasteiger partial charge in [0.1, 0.15) is 0 Å². The molecule has 0 saturated heterocycles. The number of nitrogens with one attached hydrogen (secondary N) is 1. The summed E-state index contributed by atoms with van der Waals surface area (Å²) in [5.74, 6) is 0. The van der Waals surface area contributed by atoms with Crippen molar-refractivity contribution in [1.29, 1.82) is 0 Å². The number of rotatable bonds is 5. The number of hydrogen-bond donors (Lipinski definition) is 1. The van der Waals surface area contributed by atoms with E-state index in [1.165, 1.54) is 25.7 Å². The number of nitrogens with zero attached hydrogens (tertiary/aromatic N) is 2. The van der Waals surface area contributed by atoms with Gasteiger partial charge in [-0.15, -0.1) is 11.3 Å². The van der Waals surface area contributed by atoms with E-state index < -0.39 is 0 Å². The molecule has 2 rings (SSSR count). The summed E-state index contributed by atoms with van der Waals surface area (Å²) >= 11 is 1.67. The first-order chi connectivity index (χ1) is 7.36. The van der Waals surface area contributed by atoms with E-state index in [0.717, 1.165) is 24.3 Å². The summed E-state index contributed by atoms with van der Waals surface area (Å²) in [6.45, 7) is 2.12. The van der Waals surface area contributed by atoms with Crippen molar-refractivity contribution in [3.05, 3.63) is 11.6 Å². The average Bonchev–Trinajstić information content (AvgIpc) is 2.90. The lowest BCUT2D eigenvalue weighted by molar-refractivity contribution is 0.254. The molecule has 1 aliphatic rings. The molecule has 3 nitrogen and oxygen atoms in total. The van der Waals surface area contributed by atoms with Gasteiger partial charge in [-0.1, -0.05) is 12.8 Å². The van der Waals surface area contributed by atoms with Crippen LogP contribution in [0.15, 0.2) is 11.6 Å². The summed E-state index contributed by atoms with van der Waals surface area (Å²) in [5.41, 5.74) is 0. The first-order valence-electron chi connectivity index (χ1n) is 5.70. The van der Waals surface area contributed by atoms with Gasteiger partial charge in [0.15, 0.2) is 5.13 Å². The molecule has 15 heavy (non-hydrogen) atoms. The predicted molar refractivity (Wildman–Crippen MR) is 65.5 cm³/mol. The molecule has 1 fully saturated rings. The van der Waals surface area contributed by atoms with Crippen molar-refractivity contribution in [2.75, 3.05) is 25.5 Å². The van der Waals surface area contributed by atoms with E-state index in [1.54, 1.807) is 11.3 Å². The van der Waals surface area contributed by atoms with E-state index in [4.69, 9.17) is 0 Å². The van der Waals surface area contributed by atoms with Crippen LogP contribution < -0.4 is 5.32 Å². The topological polar surface area (TPSA) is 28.2 Å². The molecule has 0 aromatic carbocycles. The zero-order valence-corrected chi connectivity index (χ0v) is 10.1. The van der Waals surface area contributed by atoms with E-state index in [2.05, 4.69) is 22.2 Å². The molecule has 1 heterocycles. The highest BCUT2D eigenvalue weighted by atomic mass is 32.1. The summed E-state index contributed by atoms with van der Waals surface area (Å²) in [4.78, 5) is 6.68. The highest BCUT2D eigenvalue weighted by Gasteiger charge is 2.18. The molecule has 1 N–H and O–H groups in total. The van der Waals surface area contributed by atoms with E-state index in [-0.39, 0.29) is 0 Å². The Morgan fingerprint density at radius 3 is 3.00 bits per heavy atom. The van der Waals surface area contributed by atoms with Crippen molar-refractivity contribution in [2.45, 2.75) is 31.7 Å². The maximum Gasteiger partial charge on any atom is 0.182 e. The standard InChI is InChI=1S/C11H19N3S/c1-14(10-4-2-3-5-10)8-6-12-11-13-7-9-15-11/h7,9-10H,2-6,8H2,1H3,(H,12,13). The lowest BCUT2D eigenvalue weighted by atomic mass is 10.2. The van der Waals surface area contributed by atoms with Gasteiger partial charge in [0.25, 0.3) is 0 Å². The highest BCUT2D eigenvalue weighted by Crippen LogP contribution is 2.22. The van der Waals surface area contributed by atoms with Gasteiger partial charge < -0.3 is 10.2 Å². The van der Waals surface area contributed by atoms with Crippen molar-refractivity contribution < 1.29 is 0 Å². The van der Waals surface area contributed by atoms with Crippen LogP contribution in [0.2, 0.25) is 0 Å². The van der Waals surface area contributed by atoms with Crippen LogP contribution in [-0.2, 0) is 0 Å². The van der Waals surface area contributed by atoms with Gasteiger partial charge >= 0.3 is 0 Å². The molecular formula is C11H19N3S. The van der Waals surface area contributed by atoms with Crippen LogP contribution in [0.5, 0.6) is 0 Å². The second-order valence-electron chi connectivity index (χ2n) is 4.18. The quantitative estimate of drug-likeness (QED) is 0.834. The Morgan fingerprint density at radius 1 is 1.53 bits per heavy atom. The van der Waals surface area contributed by atoms with Crippen LogP contribution in [0.4, 0.5) is 5.13 Å². The van der Waals surface area contributed by atoms with E-state index >= 15 is 0 Å². The number of thiazole rings is 1. The van der Waals surface area contributed by atoms with Gasteiger partial charge in [-0.25, -0.2) is 4.98 Å². The third kappa shape index (κ3) is 3.18. The predicted octanol–water partition coefficient (Wildman–Crippen LogP) is 2.43. The fourth-order valence-corrected chi connectivity index (χ4v) is 2.74. The van der Waals surface area contributed by atoms with Crippen LogP contribution in [0.1, 0.15) is 25.7 Å². The lowest BCUT2D eigenvalue weighted by Crippen LogP contribution is -2.33. The van der Waals surface area contributed by atoms with Gasteiger partial charge in [-0.2, -0.15) is 0 Å². The first kappa shape index (κ1) is 10.9. The number of hydrogen-bond acceptors (Lipinski definition) is 4. The Balaban J connectivity index is 1.64. The van der Waals surface area contributed by atoms with Crippen LogP contribution in [-0.4, -0.2) is 36.1 Å². The molecule has 0 atom stereocenters. The number of anilines is 1. The molecule has 0 unspecified atom stereocenters. The summed E-state index contributed by atoms with van der Waals surface area (Å²) in [7, 11) is 2.24. The molecule has 0 bridgehead atoms. The third-order valence-corrected chi connectivity index (χ3v) is 3.85. The van der Waals surface area contributed by atoms with E-state index in [0.29, 0.717) is 0 Å². The fourth-order valence-electron chi connectivity index (χ4n) is 2.18. The van der Waals surface area contributed by atoms with Crippen LogP contribution >= 0.6 is 11.3 Å². The molecule has 84 valence electrons. The molecule has 0 aliphatic heterocycles. The molecule has 0 spiro atoms. The normalized spacial score (nSPS) is 17.5. The van der Waals surface area contributed by atoms with Crippen molar-refractivity contribution in [2.24, 2.45) is 0 Å². The molecular weight excluding hydrogens is 206 g/mol. The zero-order chi connectivity index (χ0) is 10.5. The van der Waals surface area contributed by atoms with E-state index in [1.807, 2.05) is 11.6 Å². The minimum absolute atomic E-state index is 0.822. The summed E-state index contributed by atoms with van der Waals surface area (Å²) < 4.78 is 0. The molecule has 1 saturated carbocycles. The summed E-state index contributed by atoms with van der Waals surface area (Å²) in [6, 6.07) is 0.822. The van der Waals surface area contributed by atoms with Gasteiger partial charge in [0, 0.05) is 30.7 Å². The van der Waals surface area contributed by atoms with Crippen molar-refractivity contribution in [3.8, 4) is 0 Å². The van der Waals surface area contributed by atoms with Crippen molar-refractivity contribution in [3.63, 3.8) is 0 Å². The zero-order valence-electron chi connectivity index (χ0n) is 9.28. The minimum atomic E-state index is 0.822. The van der Waals surface area contributed by atoms with Gasteiger partial charge in [0.05, 0.1) is 0 Å². The summed E-state index contributed by atoms with van der Waals surface area (Å²) in [5, 5.41) is 6.38. The average molecular weight is 225 g/mol. The van der Waals surface area contributed by atoms with Crippen LogP contribution in [0.3, 0.4) is 0 Å². The maximum atomic E-state index is 4.20. The van der Waals surface area contributed by atoms with Crippen LogP contribution in [0, 0.1) is 0 Å².